The van der Waals surface area contributed by atoms with E-state index < -0.39 is 0 Å². The van der Waals surface area contributed by atoms with Crippen LogP contribution in [0.4, 0.5) is 0 Å². The maximum absolute atomic E-state index is 13.0. The molecule has 0 N–H and O–H groups in total. The zero-order chi connectivity index (χ0) is 18.3. The third-order valence-electron chi connectivity index (χ3n) is 5.71. The van der Waals surface area contributed by atoms with E-state index in [0.29, 0.717) is 25.3 Å². The van der Waals surface area contributed by atoms with E-state index in [2.05, 4.69) is 25.1 Å². The van der Waals surface area contributed by atoms with E-state index in [1.165, 1.54) is 11.1 Å². The molecule has 3 heterocycles. The Hall–Kier alpha value is -1.95. The number of fused-ring (bicyclic) bond motifs is 1. The topological polar surface area (TPSA) is 49.9 Å². The van der Waals surface area contributed by atoms with Crippen LogP contribution in [0.2, 0.25) is 0 Å². The highest BCUT2D eigenvalue weighted by Crippen LogP contribution is 2.47. The highest BCUT2D eigenvalue weighted by molar-refractivity contribution is 8.01. The lowest BCUT2D eigenvalue weighted by Gasteiger charge is -2.34. The van der Waals surface area contributed by atoms with Crippen LogP contribution >= 0.6 is 11.8 Å². The summed E-state index contributed by atoms with van der Waals surface area (Å²) >= 11 is 1.75. The molecule has 1 aromatic carbocycles. The van der Waals surface area contributed by atoms with Gasteiger partial charge in [0.25, 0.3) is 0 Å². The Kier molecular flexibility index (Phi) is 4.47. The number of thioether (sulfide) groups is 1. The van der Waals surface area contributed by atoms with Crippen molar-refractivity contribution in [2.24, 2.45) is 0 Å². The lowest BCUT2D eigenvalue weighted by atomic mass is 9.99. The van der Waals surface area contributed by atoms with E-state index >= 15 is 0 Å². The van der Waals surface area contributed by atoms with Gasteiger partial charge in [0.1, 0.15) is 11.8 Å². The number of carbonyl (C=O) groups is 2. The van der Waals surface area contributed by atoms with Crippen molar-refractivity contribution in [2.75, 3.05) is 26.0 Å². The molecule has 0 bridgehead atoms. The first kappa shape index (κ1) is 17.5. The van der Waals surface area contributed by atoms with Crippen LogP contribution in [-0.2, 0) is 9.59 Å². The third kappa shape index (κ3) is 2.90. The van der Waals surface area contributed by atoms with Crippen LogP contribution in [0, 0.1) is 0 Å². The quantitative estimate of drug-likeness (QED) is 0.819. The van der Waals surface area contributed by atoms with Gasteiger partial charge in [0.15, 0.2) is 0 Å². The zero-order valence-corrected chi connectivity index (χ0v) is 16.1. The van der Waals surface area contributed by atoms with E-state index in [4.69, 9.17) is 4.74 Å². The van der Waals surface area contributed by atoms with Crippen LogP contribution in [0.5, 0.6) is 5.75 Å². The first-order valence-corrected chi connectivity index (χ1v) is 10.1. The molecule has 0 aliphatic carbocycles. The minimum Gasteiger partial charge on any atom is -0.497 e. The minimum atomic E-state index is -0.295. The summed E-state index contributed by atoms with van der Waals surface area (Å²) in [5.41, 5.74) is 2.44. The Morgan fingerprint density at radius 1 is 1.27 bits per heavy atom. The molecule has 3 aliphatic heterocycles. The normalized spacial score (nSPS) is 28.2. The van der Waals surface area contributed by atoms with Crippen LogP contribution in [0.15, 0.2) is 30.3 Å². The van der Waals surface area contributed by atoms with Gasteiger partial charge in [-0.15, -0.1) is 11.8 Å². The fourth-order valence-electron chi connectivity index (χ4n) is 4.15. The Labute approximate surface area is 158 Å². The van der Waals surface area contributed by atoms with Crippen molar-refractivity contribution in [2.45, 2.75) is 37.1 Å². The van der Waals surface area contributed by atoms with Gasteiger partial charge in [-0.1, -0.05) is 18.2 Å². The predicted octanol–water partition coefficient (Wildman–Crippen LogP) is 2.76. The van der Waals surface area contributed by atoms with Crippen molar-refractivity contribution < 1.29 is 14.3 Å². The second-order valence-corrected chi connectivity index (χ2v) is 8.76. The highest BCUT2D eigenvalue weighted by atomic mass is 32.2. The van der Waals surface area contributed by atoms with E-state index in [1.807, 2.05) is 21.9 Å². The van der Waals surface area contributed by atoms with Gasteiger partial charge < -0.3 is 14.5 Å². The monoisotopic (exact) mass is 372 g/mol. The number of ether oxygens (including phenoxy) is 1. The summed E-state index contributed by atoms with van der Waals surface area (Å²) in [7, 11) is 1.66. The van der Waals surface area contributed by atoms with Gasteiger partial charge in [-0.05, 0) is 43.0 Å². The van der Waals surface area contributed by atoms with Crippen molar-refractivity contribution in [3.63, 3.8) is 0 Å². The molecule has 4 rings (SSSR count). The molecule has 0 radical (unpaired) electrons. The molecule has 2 fully saturated rings. The molecule has 1 aromatic rings. The van der Waals surface area contributed by atoms with Crippen molar-refractivity contribution in [1.82, 2.24) is 9.80 Å². The van der Waals surface area contributed by atoms with Crippen molar-refractivity contribution >= 4 is 29.1 Å². The maximum Gasteiger partial charge on any atom is 0.246 e. The van der Waals surface area contributed by atoms with E-state index in [1.54, 1.807) is 18.9 Å². The maximum atomic E-state index is 13.0. The number of benzene rings is 1. The Morgan fingerprint density at radius 3 is 2.69 bits per heavy atom. The number of rotatable bonds is 3. The zero-order valence-electron chi connectivity index (χ0n) is 15.2. The first-order chi connectivity index (χ1) is 12.5. The molecule has 3 aliphatic rings. The van der Waals surface area contributed by atoms with Crippen LogP contribution in [0.1, 0.15) is 31.7 Å². The van der Waals surface area contributed by atoms with Gasteiger partial charge in [-0.2, -0.15) is 0 Å². The number of methoxy groups -OCH3 is 1. The van der Waals surface area contributed by atoms with Gasteiger partial charge in [0, 0.05) is 25.3 Å². The predicted molar refractivity (Wildman–Crippen MR) is 103 cm³/mol. The lowest BCUT2D eigenvalue weighted by Crippen LogP contribution is -2.52. The number of hydrogen-bond donors (Lipinski definition) is 0. The van der Waals surface area contributed by atoms with Crippen molar-refractivity contribution in [3.8, 4) is 5.75 Å². The second-order valence-electron chi connectivity index (χ2n) is 7.26. The molecule has 138 valence electrons. The fourth-order valence-corrected chi connectivity index (χ4v) is 5.57. The smallest absolute Gasteiger partial charge is 0.246 e. The average molecular weight is 372 g/mol. The molecule has 6 heteroatoms. The minimum absolute atomic E-state index is 0.0986. The third-order valence-corrected chi connectivity index (χ3v) is 7.22. The molecule has 5 nitrogen and oxygen atoms in total. The molecule has 2 amide bonds. The van der Waals surface area contributed by atoms with Gasteiger partial charge in [0.2, 0.25) is 11.8 Å². The second kappa shape index (κ2) is 6.65. The van der Waals surface area contributed by atoms with E-state index in [-0.39, 0.29) is 22.7 Å². The summed E-state index contributed by atoms with van der Waals surface area (Å²) in [5, 5.41) is 0. The molecule has 0 spiro atoms. The number of amides is 2. The summed E-state index contributed by atoms with van der Waals surface area (Å²) in [4.78, 5) is 28.9. The molecular formula is C20H24N2O3S. The Bertz CT molecular complexity index is 761. The van der Waals surface area contributed by atoms with Crippen LogP contribution in [0.25, 0.3) is 5.57 Å². The Balaban J connectivity index is 1.45. The largest absolute Gasteiger partial charge is 0.497 e. The molecule has 0 aromatic heterocycles. The molecule has 2 atom stereocenters. The van der Waals surface area contributed by atoms with Gasteiger partial charge in [0.05, 0.1) is 12.0 Å². The van der Waals surface area contributed by atoms with Crippen LogP contribution in [-0.4, -0.2) is 58.5 Å². The number of carbonyl (C=O) groups excluding carboxylic acids is 2. The van der Waals surface area contributed by atoms with Gasteiger partial charge in [-0.3, -0.25) is 9.59 Å². The van der Waals surface area contributed by atoms with Crippen LogP contribution in [0.3, 0.4) is 0 Å². The fraction of sp³-hybridized carbons (Fsp3) is 0.500. The van der Waals surface area contributed by atoms with Crippen molar-refractivity contribution in [3.05, 3.63) is 35.9 Å². The molecule has 0 unspecified atom stereocenters. The van der Waals surface area contributed by atoms with Gasteiger partial charge in [-0.25, -0.2) is 0 Å². The molecular weight excluding hydrogens is 348 g/mol. The summed E-state index contributed by atoms with van der Waals surface area (Å²) in [5.74, 6) is 1.79. The SMILES string of the molecule is COc1ccc(C2=CCN(C(=O)[C@@H]3CS[C@@]4(C)CCC(=O)N34)CC2)cc1. The summed E-state index contributed by atoms with van der Waals surface area (Å²) in [6, 6.07) is 7.75. The number of hydrogen-bond acceptors (Lipinski definition) is 4. The lowest BCUT2D eigenvalue weighted by molar-refractivity contribution is -0.143. The van der Waals surface area contributed by atoms with Crippen molar-refractivity contribution in [1.29, 1.82) is 0 Å². The molecule has 0 saturated carbocycles. The Morgan fingerprint density at radius 2 is 2.04 bits per heavy atom. The standard InChI is InChI=1S/C20H24N2O3S/c1-20-10-7-18(23)22(20)17(13-26-20)19(24)21-11-8-15(9-12-21)14-3-5-16(25-2)6-4-14/h3-6,8,17H,7,9-13H2,1-2H3/t17-,20-/m0/s1. The summed E-state index contributed by atoms with van der Waals surface area (Å²) in [6.07, 6.45) is 4.38. The van der Waals surface area contributed by atoms with E-state index in [0.717, 1.165) is 18.6 Å². The highest BCUT2D eigenvalue weighted by Gasteiger charge is 2.53. The molecule has 26 heavy (non-hydrogen) atoms. The van der Waals surface area contributed by atoms with E-state index in [9.17, 15) is 9.59 Å². The first-order valence-electron chi connectivity index (χ1n) is 9.10. The average Bonchev–Trinajstić information content (AvgIpc) is 3.17. The summed E-state index contributed by atoms with van der Waals surface area (Å²) < 4.78 is 5.21. The van der Waals surface area contributed by atoms with Crippen LogP contribution < -0.4 is 4.74 Å². The summed E-state index contributed by atoms with van der Waals surface area (Å²) in [6.45, 7) is 3.41. The van der Waals surface area contributed by atoms with Gasteiger partial charge >= 0.3 is 0 Å². The molecule has 2 saturated heterocycles. The number of nitrogens with zero attached hydrogens (tertiary/aromatic N) is 2.